The average molecular weight is 283 g/mol. The molecule has 0 aromatic heterocycles. The largest absolute Gasteiger partial charge is 0.372 e. The third kappa shape index (κ3) is 3.14. The fourth-order valence-corrected chi connectivity index (χ4v) is 2.22. The third-order valence-corrected chi connectivity index (χ3v) is 3.70. The van der Waals surface area contributed by atoms with E-state index < -0.39 is 11.5 Å². The number of carbonyl (C=O) groups excluding carboxylic acids is 1. The molecule has 2 aromatic rings. The quantitative estimate of drug-likeness (QED) is 0.886. The summed E-state index contributed by atoms with van der Waals surface area (Å²) < 4.78 is 0. The molecular formula is C18H21NO2. The maximum absolute atomic E-state index is 12.7. The van der Waals surface area contributed by atoms with Crippen molar-refractivity contribution in [3.63, 3.8) is 0 Å². The van der Waals surface area contributed by atoms with Crippen LogP contribution < -0.4 is 5.32 Å². The van der Waals surface area contributed by atoms with E-state index in [1.54, 1.807) is 24.3 Å². The number of hydrogen-bond donors (Lipinski definition) is 2. The first-order chi connectivity index (χ1) is 10.1. The van der Waals surface area contributed by atoms with Gasteiger partial charge < -0.3 is 10.4 Å². The average Bonchev–Trinajstić information content (AvgIpc) is 2.55. The van der Waals surface area contributed by atoms with E-state index >= 15 is 0 Å². The summed E-state index contributed by atoms with van der Waals surface area (Å²) in [5.41, 5.74) is -0.541. The van der Waals surface area contributed by atoms with E-state index in [4.69, 9.17) is 0 Å². The molecular weight excluding hydrogens is 262 g/mol. The smallest absolute Gasteiger partial charge is 0.261 e. The zero-order valence-corrected chi connectivity index (χ0v) is 12.4. The van der Waals surface area contributed by atoms with Gasteiger partial charge in [-0.05, 0) is 24.5 Å². The highest BCUT2D eigenvalue weighted by molar-refractivity contribution is 5.90. The minimum Gasteiger partial charge on any atom is -0.372 e. The third-order valence-electron chi connectivity index (χ3n) is 3.70. The van der Waals surface area contributed by atoms with Gasteiger partial charge in [-0.1, -0.05) is 67.6 Å². The highest BCUT2D eigenvalue weighted by Crippen LogP contribution is 2.30. The summed E-state index contributed by atoms with van der Waals surface area (Å²) in [4.78, 5) is 12.7. The first-order valence-electron chi connectivity index (χ1n) is 7.23. The normalized spacial score (nSPS) is 12.7. The van der Waals surface area contributed by atoms with Crippen molar-refractivity contribution in [1.29, 1.82) is 0 Å². The highest BCUT2D eigenvalue weighted by atomic mass is 16.3. The Balaban J connectivity index is 2.47. The van der Waals surface area contributed by atoms with Crippen LogP contribution in [0, 0.1) is 0 Å². The number of benzene rings is 2. The molecule has 0 spiro atoms. The first kappa shape index (κ1) is 15.3. The lowest BCUT2D eigenvalue weighted by Crippen LogP contribution is -2.48. The Morgan fingerprint density at radius 3 is 1.86 bits per heavy atom. The predicted molar refractivity (Wildman–Crippen MR) is 83.8 cm³/mol. The van der Waals surface area contributed by atoms with Crippen molar-refractivity contribution in [2.45, 2.75) is 31.9 Å². The van der Waals surface area contributed by atoms with Gasteiger partial charge in [0.05, 0.1) is 0 Å². The van der Waals surface area contributed by atoms with Gasteiger partial charge in [-0.3, -0.25) is 4.79 Å². The molecule has 1 atom stereocenters. The topological polar surface area (TPSA) is 49.3 Å². The molecule has 2 rings (SSSR count). The Bertz CT molecular complexity index is 541. The van der Waals surface area contributed by atoms with Gasteiger partial charge in [-0.15, -0.1) is 0 Å². The van der Waals surface area contributed by atoms with Crippen LogP contribution in [0.5, 0.6) is 0 Å². The van der Waals surface area contributed by atoms with E-state index in [0.29, 0.717) is 11.1 Å². The Morgan fingerprint density at radius 2 is 1.48 bits per heavy atom. The second kappa shape index (κ2) is 6.55. The molecule has 3 nitrogen and oxygen atoms in total. The van der Waals surface area contributed by atoms with Gasteiger partial charge in [-0.2, -0.15) is 0 Å². The minimum atomic E-state index is -1.67. The molecule has 2 N–H and O–H groups in total. The van der Waals surface area contributed by atoms with Crippen LogP contribution in [0.25, 0.3) is 0 Å². The summed E-state index contributed by atoms with van der Waals surface area (Å²) >= 11 is 0. The lowest BCUT2D eigenvalue weighted by atomic mass is 9.85. The molecule has 3 heteroatoms. The number of carbonyl (C=O) groups is 1. The second-order valence-electron chi connectivity index (χ2n) is 5.23. The maximum Gasteiger partial charge on any atom is 0.261 e. The van der Waals surface area contributed by atoms with Crippen molar-refractivity contribution < 1.29 is 9.90 Å². The second-order valence-corrected chi connectivity index (χ2v) is 5.23. The van der Waals surface area contributed by atoms with E-state index in [-0.39, 0.29) is 6.04 Å². The van der Waals surface area contributed by atoms with Gasteiger partial charge in [0, 0.05) is 6.04 Å². The molecule has 2 aromatic carbocycles. The molecule has 0 aliphatic rings. The fraction of sp³-hybridized carbons (Fsp3) is 0.278. The number of hydrogen-bond acceptors (Lipinski definition) is 2. The van der Waals surface area contributed by atoms with Crippen LogP contribution in [0.15, 0.2) is 60.7 Å². The Hall–Kier alpha value is -2.13. The van der Waals surface area contributed by atoms with Crippen molar-refractivity contribution in [3.05, 3.63) is 71.8 Å². The Morgan fingerprint density at radius 1 is 1.05 bits per heavy atom. The SMILES string of the molecule is CCC(C)NC(=O)C(O)(c1ccccc1)c1ccccc1. The molecule has 1 unspecified atom stereocenters. The first-order valence-corrected chi connectivity index (χ1v) is 7.23. The summed E-state index contributed by atoms with van der Waals surface area (Å²) in [5, 5.41) is 14.0. The van der Waals surface area contributed by atoms with Crippen LogP contribution in [0.4, 0.5) is 0 Å². The van der Waals surface area contributed by atoms with E-state index in [0.717, 1.165) is 6.42 Å². The molecule has 0 saturated heterocycles. The van der Waals surface area contributed by atoms with Crippen molar-refractivity contribution in [3.8, 4) is 0 Å². The monoisotopic (exact) mass is 283 g/mol. The number of aliphatic hydroxyl groups is 1. The lowest BCUT2D eigenvalue weighted by molar-refractivity contribution is -0.137. The van der Waals surface area contributed by atoms with Crippen LogP contribution >= 0.6 is 0 Å². The van der Waals surface area contributed by atoms with Gasteiger partial charge in [0.1, 0.15) is 0 Å². The minimum absolute atomic E-state index is 0.0106. The molecule has 0 heterocycles. The Kier molecular flexibility index (Phi) is 4.76. The van der Waals surface area contributed by atoms with Crippen molar-refractivity contribution >= 4 is 5.91 Å². The van der Waals surface area contributed by atoms with E-state index in [2.05, 4.69) is 5.32 Å². The molecule has 1 amide bonds. The van der Waals surface area contributed by atoms with Crippen LogP contribution in [-0.2, 0) is 10.4 Å². The standard InChI is InChI=1S/C18H21NO2/c1-3-14(2)19-17(20)18(21,15-10-6-4-7-11-15)16-12-8-5-9-13-16/h4-14,21H,3H2,1-2H3,(H,19,20). The van der Waals surface area contributed by atoms with Crippen LogP contribution in [0.3, 0.4) is 0 Å². The van der Waals surface area contributed by atoms with Gasteiger partial charge in [0.15, 0.2) is 5.60 Å². The van der Waals surface area contributed by atoms with Crippen LogP contribution in [-0.4, -0.2) is 17.1 Å². The zero-order chi connectivity index (χ0) is 15.3. The summed E-state index contributed by atoms with van der Waals surface area (Å²) in [7, 11) is 0. The predicted octanol–water partition coefficient (Wildman–Crippen LogP) is 2.84. The summed E-state index contributed by atoms with van der Waals surface area (Å²) in [5.74, 6) is -0.394. The van der Waals surface area contributed by atoms with Gasteiger partial charge in [0.2, 0.25) is 0 Å². The van der Waals surface area contributed by atoms with Gasteiger partial charge in [-0.25, -0.2) is 0 Å². The fourth-order valence-electron chi connectivity index (χ4n) is 2.22. The summed E-state index contributed by atoms with van der Waals surface area (Å²) in [6, 6.07) is 18.1. The maximum atomic E-state index is 12.7. The molecule has 0 radical (unpaired) electrons. The molecule has 110 valence electrons. The molecule has 0 saturated carbocycles. The molecule has 0 fully saturated rings. The Labute approximate surface area is 125 Å². The zero-order valence-electron chi connectivity index (χ0n) is 12.4. The highest BCUT2D eigenvalue weighted by Gasteiger charge is 2.40. The van der Waals surface area contributed by atoms with Crippen LogP contribution in [0.2, 0.25) is 0 Å². The number of rotatable bonds is 5. The van der Waals surface area contributed by atoms with Gasteiger partial charge in [0.25, 0.3) is 5.91 Å². The molecule has 0 aliphatic heterocycles. The van der Waals surface area contributed by atoms with E-state index in [1.165, 1.54) is 0 Å². The van der Waals surface area contributed by atoms with Crippen molar-refractivity contribution in [2.75, 3.05) is 0 Å². The van der Waals surface area contributed by atoms with Crippen molar-refractivity contribution in [2.24, 2.45) is 0 Å². The molecule has 21 heavy (non-hydrogen) atoms. The van der Waals surface area contributed by atoms with Crippen LogP contribution in [0.1, 0.15) is 31.4 Å². The summed E-state index contributed by atoms with van der Waals surface area (Å²) in [6.07, 6.45) is 0.811. The molecule has 0 aliphatic carbocycles. The van der Waals surface area contributed by atoms with E-state index in [9.17, 15) is 9.90 Å². The molecule has 0 bridgehead atoms. The lowest BCUT2D eigenvalue weighted by Gasteiger charge is -2.29. The number of nitrogens with one attached hydrogen (secondary N) is 1. The van der Waals surface area contributed by atoms with E-state index in [1.807, 2.05) is 50.2 Å². The van der Waals surface area contributed by atoms with Crippen molar-refractivity contribution in [1.82, 2.24) is 5.32 Å². The number of amides is 1. The van der Waals surface area contributed by atoms with Gasteiger partial charge >= 0.3 is 0 Å². The summed E-state index contributed by atoms with van der Waals surface area (Å²) in [6.45, 7) is 3.92.